The molecule has 0 fully saturated rings. The molecule has 124 valence electrons. The molecule has 1 amide bonds. The molecular formula is C17H21ClN2O3. The Bertz CT molecular complexity index is 616. The van der Waals surface area contributed by atoms with E-state index in [0.29, 0.717) is 30.4 Å². The highest BCUT2D eigenvalue weighted by molar-refractivity contribution is 6.30. The zero-order chi connectivity index (χ0) is 16.7. The summed E-state index contributed by atoms with van der Waals surface area (Å²) in [6.07, 6.45) is 5.94. The van der Waals surface area contributed by atoms with Gasteiger partial charge in [-0.15, -0.1) is 0 Å². The second-order valence-corrected chi connectivity index (χ2v) is 5.55. The number of rotatable bonds is 7. The van der Waals surface area contributed by atoms with Crippen molar-refractivity contribution >= 4 is 17.5 Å². The van der Waals surface area contributed by atoms with Gasteiger partial charge in [0.1, 0.15) is 0 Å². The molecule has 0 aliphatic heterocycles. The number of halogens is 1. The third-order valence-corrected chi connectivity index (χ3v) is 3.59. The number of nitrogens with one attached hydrogen (secondary N) is 1. The molecule has 0 spiro atoms. The summed E-state index contributed by atoms with van der Waals surface area (Å²) in [6, 6.07) is 7.50. The summed E-state index contributed by atoms with van der Waals surface area (Å²) in [4.78, 5) is 11.3. The molecule has 0 bridgehead atoms. The van der Waals surface area contributed by atoms with E-state index in [2.05, 4.69) is 5.32 Å². The fourth-order valence-electron chi connectivity index (χ4n) is 2.24. The molecule has 0 saturated heterocycles. The Hall–Kier alpha value is -1.66. The highest BCUT2D eigenvalue weighted by Crippen LogP contribution is 2.27. The van der Waals surface area contributed by atoms with Crippen molar-refractivity contribution in [3.8, 4) is 0 Å². The van der Waals surface area contributed by atoms with Gasteiger partial charge in [0.2, 0.25) is 5.91 Å². The van der Waals surface area contributed by atoms with E-state index >= 15 is 0 Å². The quantitative estimate of drug-likeness (QED) is 0.750. The topological polar surface area (TPSA) is 73.6 Å². The van der Waals surface area contributed by atoms with Gasteiger partial charge in [0.25, 0.3) is 0 Å². The van der Waals surface area contributed by atoms with E-state index in [-0.39, 0.29) is 12.5 Å². The van der Waals surface area contributed by atoms with Gasteiger partial charge < -0.3 is 20.5 Å². The highest BCUT2D eigenvalue weighted by atomic mass is 35.5. The largest absolute Gasteiger partial charge is 0.346 e. The number of hydrogen-bond acceptors (Lipinski definition) is 4. The van der Waals surface area contributed by atoms with Crippen LogP contribution in [0.25, 0.3) is 0 Å². The average molecular weight is 337 g/mol. The summed E-state index contributed by atoms with van der Waals surface area (Å²) >= 11 is 5.98. The summed E-state index contributed by atoms with van der Waals surface area (Å²) in [5, 5.41) is 3.38. The van der Waals surface area contributed by atoms with Crippen molar-refractivity contribution in [1.29, 1.82) is 0 Å². The Morgan fingerprint density at radius 1 is 1.43 bits per heavy atom. The fraction of sp³-hybridized carbons (Fsp3) is 0.353. The van der Waals surface area contributed by atoms with Crippen molar-refractivity contribution in [3.05, 3.63) is 58.8 Å². The Labute approximate surface area is 141 Å². The third-order valence-electron chi connectivity index (χ3n) is 3.35. The Kier molecular flexibility index (Phi) is 6.36. The van der Waals surface area contributed by atoms with Crippen LogP contribution in [0.2, 0.25) is 5.02 Å². The number of amides is 1. The lowest BCUT2D eigenvalue weighted by molar-refractivity contribution is -0.207. The molecule has 1 unspecified atom stereocenters. The van der Waals surface area contributed by atoms with Crippen molar-refractivity contribution < 1.29 is 14.3 Å². The number of nitrogens with two attached hydrogens (primary N) is 1. The first-order chi connectivity index (χ1) is 11.1. The van der Waals surface area contributed by atoms with Crippen molar-refractivity contribution in [2.75, 3.05) is 13.2 Å². The normalized spacial score (nSPS) is 20.2. The first kappa shape index (κ1) is 17.7. The fourth-order valence-corrected chi connectivity index (χ4v) is 2.45. The van der Waals surface area contributed by atoms with Crippen LogP contribution in [0.3, 0.4) is 0 Å². The first-order valence-electron chi connectivity index (χ1n) is 7.48. The van der Waals surface area contributed by atoms with Crippen LogP contribution < -0.4 is 11.1 Å². The third kappa shape index (κ3) is 5.18. The highest BCUT2D eigenvalue weighted by Gasteiger charge is 2.30. The molecule has 0 aromatic heterocycles. The lowest BCUT2D eigenvalue weighted by Crippen LogP contribution is -2.37. The number of hydrogen-bond donors (Lipinski definition) is 2. The van der Waals surface area contributed by atoms with E-state index in [1.54, 1.807) is 6.08 Å². The Morgan fingerprint density at radius 3 is 2.87 bits per heavy atom. The van der Waals surface area contributed by atoms with Gasteiger partial charge in [-0.05, 0) is 36.8 Å². The van der Waals surface area contributed by atoms with Gasteiger partial charge in [0, 0.05) is 23.7 Å². The van der Waals surface area contributed by atoms with E-state index in [1.807, 2.05) is 43.3 Å². The first-order valence-corrected chi connectivity index (χ1v) is 7.86. The van der Waals surface area contributed by atoms with Crippen LogP contribution in [0, 0.1) is 0 Å². The summed E-state index contributed by atoms with van der Waals surface area (Å²) in [5.74, 6) is -1.07. The van der Waals surface area contributed by atoms with Crippen LogP contribution in [0.1, 0.15) is 18.9 Å². The van der Waals surface area contributed by atoms with Gasteiger partial charge in [0.15, 0.2) is 5.79 Å². The predicted octanol–water partition coefficient (Wildman–Crippen LogP) is 2.51. The number of allylic oxidation sites excluding steroid dienone is 1. The van der Waals surface area contributed by atoms with Gasteiger partial charge >= 0.3 is 0 Å². The van der Waals surface area contributed by atoms with E-state index in [4.69, 9.17) is 26.8 Å². The zero-order valence-electron chi connectivity index (χ0n) is 13.0. The molecule has 5 nitrogen and oxygen atoms in total. The van der Waals surface area contributed by atoms with Crippen molar-refractivity contribution in [3.63, 3.8) is 0 Å². The number of carbonyl (C=O) groups is 1. The number of benzene rings is 1. The molecule has 2 rings (SSSR count). The van der Waals surface area contributed by atoms with Crippen LogP contribution in [-0.2, 0) is 20.9 Å². The summed E-state index contributed by atoms with van der Waals surface area (Å²) in [7, 11) is 0. The van der Waals surface area contributed by atoms with E-state index in [0.717, 1.165) is 5.56 Å². The molecule has 3 N–H and O–H groups in total. The van der Waals surface area contributed by atoms with Crippen LogP contribution in [0.4, 0.5) is 0 Å². The maximum Gasteiger partial charge on any atom is 0.238 e. The van der Waals surface area contributed by atoms with E-state index in [1.165, 1.54) is 0 Å². The minimum absolute atomic E-state index is 0.0486. The average Bonchev–Trinajstić information content (AvgIpc) is 2.55. The summed E-state index contributed by atoms with van der Waals surface area (Å²) in [5.41, 5.74) is 6.96. The van der Waals surface area contributed by atoms with Crippen molar-refractivity contribution in [2.24, 2.45) is 5.73 Å². The maximum atomic E-state index is 11.3. The second kappa shape index (κ2) is 8.26. The minimum Gasteiger partial charge on any atom is -0.346 e. The molecule has 1 aromatic rings. The maximum absolute atomic E-state index is 11.3. The molecule has 0 radical (unpaired) electrons. The molecule has 1 aromatic carbocycles. The van der Waals surface area contributed by atoms with Crippen LogP contribution in [0.5, 0.6) is 0 Å². The molecular weight excluding hydrogens is 316 g/mol. The minimum atomic E-state index is -0.839. The number of ether oxygens (including phenoxy) is 2. The van der Waals surface area contributed by atoms with Crippen molar-refractivity contribution in [2.45, 2.75) is 25.7 Å². The number of carbonyl (C=O) groups excluding carboxylic acids is 1. The molecule has 0 heterocycles. The molecule has 23 heavy (non-hydrogen) atoms. The monoisotopic (exact) mass is 336 g/mol. The van der Waals surface area contributed by atoms with Gasteiger partial charge in [-0.3, -0.25) is 4.79 Å². The molecule has 1 atom stereocenters. The molecule has 1 aliphatic rings. The molecule has 6 heteroatoms. The van der Waals surface area contributed by atoms with Crippen LogP contribution >= 0.6 is 11.6 Å². The van der Waals surface area contributed by atoms with Crippen LogP contribution in [-0.4, -0.2) is 24.8 Å². The molecule has 1 aliphatic carbocycles. The summed E-state index contributed by atoms with van der Waals surface area (Å²) < 4.78 is 11.8. The zero-order valence-corrected chi connectivity index (χ0v) is 13.8. The smallest absolute Gasteiger partial charge is 0.238 e. The second-order valence-electron chi connectivity index (χ2n) is 5.11. The standard InChI is InChI=1S/C17H21ClN2O3/c1-2-22-17(23-12-13-4-3-5-14(18)10-13)8-6-15(7-9-17)20-16(21)11-19/h3-8,10H,2,9,11-12,19H2,1H3,(H,20,21). The Balaban J connectivity index is 2.01. The van der Waals surface area contributed by atoms with Gasteiger partial charge in [0.05, 0.1) is 13.2 Å². The Morgan fingerprint density at radius 2 is 2.26 bits per heavy atom. The van der Waals surface area contributed by atoms with Crippen LogP contribution in [0.15, 0.2) is 48.2 Å². The lowest BCUT2D eigenvalue weighted by atomic mass is 10.1. The SMILES string of the molecule is CCOC1(OCc2cccc(Cl)c2)C=CC(NC(=O)CN)=CC1. The molecule has 0 saturated carbocycles. The lowest BCUT2D eigenvalue weighted by Gasteiger charge is -2.32. The van der Waals surface area contributed by atoms with Gasteiger partial charge in [-0.2, -0.15) is 0 Å². The van der Waals surface area contributed by atoms with Gasteiger partial charge in [-0.25, -0.2) is 0 Å². The van der Waals surface area contributed by atoms with Crippen molar-refractivity contribution in [1.82, 2.24) is 5.32 Å². The predicted molar refractivity (Wildman–Crippen MR) is 89.6 cm³/mol. The van der Waals surface area contributed by atoms with E-state index in [9.17, 15) is 4.79 Å². The summed E-state index contributed by atoms with van der Waals surface area (Å²) in [6.45, 7) is 2.75. The van der Waals surface area contributed by atoms with Gasteiger partial charge in [-0.1, -0.05) is 29.8 Å². The van der Waals surface area contributed by atoms with E-state index < -0.39 is 5.79 Å².